The number of carbonyl (C=O) groups excluding carboxylic acids is 3. The van der Waals surface area contributed by atoms with E-state index >= 15 is 0 Å². The number of hydrogen-bond acceptors (Lipinski definition) is 5. The van der Waals surface area contributed by atoms with Gasteiger partial charge in [-0.3, -0.25) is 9.59 Å². The standard InChI is InChI=1S/C25H36N4O6/c1-16(2)29(19-7-6-11-27(15-19)24(33)34)21(30)17-8-9-18-14-25(3,4)22(31)28(20(18)13-17)12-10-26-23(32)35-5/h8-9,13,16,19H,6-7,10-12,14-15H2,1-5H3,(H,26,32)(H,33,34)/t19-/m1/s1. The van der Waals surface area contributed by atoms with Crippen LogP contribution < -0.4 is 10.2 Å². The second kappa shape index (κ2) is 10.5. The molecular formula is C25H36N4O6. The van der Waals surface area contributed by atoms with Crippen LogP contribution in [0.3, 0.4) is 0 Å². The second-order valence-electron chi connectivity index (χ2n) is 10.1. The molecule has 1 aromatic rings. The number of ether oxygens (including phenoxy) is 1. The topological polar surface area (TPSA) is 119 Å². The predicted molar refractivity (Wildman–Crippen MR) is 131 cm³/mol. The summed E-state index contributed by atoms with van der Waals surface area (Å²) in [5.41, 5.74) is 1.44. The van der Waals surface area contributed by atoms with Crippen LogP contribution in [0.5, 0.6) is 0 Å². The van der Waals surface area contributed by atoms with Gasteiger partial charge in [0.25, 0.3) is 5.91 Å². The van der Waals surface area contributed by atoms with Crippen LogP contribution in [0.25, 0.3) is 0 Å². The second-order valence-corrected chi connectivity index (χ2v) is 10.1. The number of nitrogens with one attached hydrogen (secondary N) is 1. The number of carboxylic acid groups (broad SMARTS) is 1. The first-order chi connectivity index (χ1) is 16.5. The number of rotatable bonds is 6. The minimum absolute atomic E-state index is 0.0774. The molecule has 2 N–H and O–H groups in total. The Bertz CT molecular complexity index is 992. The molecule has 0 aromatic heterocycles. The van der Waals surface area contributed by atoms with E-state index in [9.17, 15) is 24.3 Å². The van der Waals surface area contributed by atoms with Crippen LogP contribution in [0.1, 0.15) is 56.5 Å². The summed E-state index contributed by atoms with van der Waals surface area (Å²) >= 11 is 0. The number of carbonyl (C=O) groups is 4. The third kappa shape index (κ3) is 5.68. The summed E-state index contributed by atoms with van der Waals surface area (Å²) in [6.45, 7) is 8.81. The van der Waals surface area contributed by atoms with Crippen LogP contribution in [-0.4, -0.2) is 84.3 Å². The zero-order chi connectivity index (χ0) is 25.9. The summed E-state index contributed by atoms with van der Waals surface area (Å²) in [6, 6.07) is 5.07. The molecule has 2 aliphatic rings. The van der Waals surface area contributed by atoms with Crippen molar-refractivity contribution in [1.82, 2.24) is 15.1 Å². The molecule has 3 rings (SSSR count). The molecule has 1 fully saturated rings. The molecule has 0 bridgehead atoms. The molecule has 1 aromatic carbocycles. The molecule has 0 spiro atoms. The van der Waals surface area contributed by atoms with E-state index in [2.05, 4.69) is 10.1 Å². The monoisotopic (exact) mass is 488 g/mol. The summed E-state index contributed by atoms with van der Waals surface area (Å²) in [7, 11) is 1.28. The van der Waals surface area contributed by atoms with Gasteiger partial charge in [-0.15, -0.1) is 0 Å². The average Bonchev–Trinajstić information content (AvgIpc) is 2.81. The Hall–Kier alpha value is -3.30. The van der Waals surface area contributed by atoms with Gasteiger partial charge in [0.2, 0.25) is 5.91 Å². The summed E-state index contributed by atoms with van der Waals surface area (Å²) in [5, 5.41) is 12.0. The number of piperidine rings is 1. The molecule has 0 radical (unpaired) electrons. The summed E-state index contributed by atoms with van der Waals surface area (Å²) in [4.78, 5) is 54.7. The van der Waals surface area contributed by atoms with Crippen molar-refractivity contribution in [2.24, 2.45) is 5.41 Å². The Labute approximate surface area is 206 Å². The Morgan fingerprint density at radius 2 is 2.00 bits per heavy atom. The van der Waals surface area contributed by atoms with E-state index < -0.39 is 17.6 Å². The molecule has 2 heterocycles. The zero-order valence-electron chi connectivity index (χ0n) is 21.2. The highest BCUT2D eigenvalue weighted by molar-refractivity contribution is 6.02. The van der Waals surface area contributed by atoms with E-state index in [0.717, 1.165) is 12.0 Å². The molecule has 10 heteroatoms. The fraction of sp³-hybridized carbons (Fsp3) is 0.600. The van der Waals surface area contributed by atoms with Crippen molar-refractivity contribution in [1.29, 1.82) is 0 Å². The van der Waals surface area contributed by atoms with Gasteiger partial charge in [0.15, 0.2) is 0 Å². The first-order valence-corrected chi connectivity index (χ1v) is 12.0. The van der Waals surface area contributed by atoms with Gasteiger partial charge in [-0.05, 0) is 50.8 Å². The molecule has 1 atom stereocenters. The lowest BCUT2D eigenvalue weighted by Gasteiger charge is -2.41. The number of benzene rings is 1. The first-order valence-electron chi connectivity index (χ1n) is 12.0. The molecule has 4 amide bonds. The van der Waals surface area contributed by atoms with Crippen LogP contribution in [-0.2, 0) is 16.0 Å². The number of hydrogen-bond donors (Lipinski definition) is 2. The SMILES string of the molecule is COC(=O)NCCN1C(=O)C(C)(C)Cc2ccc(C(=O)N(C(C)C)[C@@H]3CCCN(C(=O)O)C3)cc21. The highest BCUT2D eigenvalue weighted by Crippen LogP contribution is 2.38. The minimum Gasteiger partial charge on any atom is -0.465 e. The highest BCUT2D eigenvalue weighted by atomic mass is 16.5. The first kappa shape index (κ1) is 26.3. The van der Waals surface area contributed by atoms with Crippen LogP contribution >= 0.6 is 0 Å². The lowest BCUT2D eigenvalue weighted by atomic mass is 9.80. The average molecular weight is 489 g/mol. The number of likely N-dealkylation sites (tertiary alicyclic amines) is 1. The number of amides is 4. The van der Waals surface area contributed by atoms with E-state index in [4.69, 9.17) is 0 Å². The highest BCUT2D eigenvalue weighted by Gasteiger charge is 2.39. The van der Waals surface area contributed by atoms with Crippen molar-refractivity contribution in [3.8, 4) is 0 Å². The lowest BCUT2D eigenvalue weighted by molar-refractivity contribution is -0.127. The van der Waals surface area contributed by atoms with Crippen molar-refractivity contribution in [2.45, 2.75) is 59.0 Å². The van der Waals surface area contributed by atoms with Gasteiger partial charge in [-0.2, -0.15) is 0 Å². The molecule has 10 nitrogen and oxygen atoms in total. The predicted octanol–water partition coefficient (Wildman–Crippen LogP) is 2.95. The Morgan fingerprint density at radius 3 is 2.63 bits per heavy atom. The van der Waals surface area contributed by atoms with Crippen LogP contribution in [0.2, 0.25) is 0 Å². The maximum atomic E-state index is 13.7. The van der Waals surface area contributed by atoms with E-state index in [0.29, 0.717) is 30.6 Å². The van der Waals surface area contributed by atoms with Gasteiger partial charge < -0.3 is 29.9 Å². The van der Waals surface area contributed by atoms with Gasteiger partial charge in [0.05, 0.1) is 13.2 Å². The third-order valence-electron chi connectivity index (χ3n) is 6.72. The summed E-state index contributed by atoms with van der Waals surface area (Å²) in [6.07, 6.45) is 0.421. The van der Waals surface area contributed by atoms with Gasteiger partial charge in [0.1, 0.15) is 0 Å². The smallest absolute Gasteiger partial charge is 0.407 e. The number of anilines is 1. The molecular weight excluding hydrogens is 452 g/mol. The largest absolute Gasteiger partial charge is 0.465 e. The molecule has 2 aliphatic heterocycles. The van der Waals surface area contributed by atoms with E-state index in [1.807, 2.05) is 33.8 Å². The summed E-state index contributed by atoms with van der Waals surface area (Å²) in [5.74, 6) is -0.267. The van der Waals surface area contributed by atoms with Crippen molar-refractivity contribution >= 4 is 29.7 Å². The normalized spacial score (nSPS) is 19.3. The van der Waals surface area contributed by atoms with Crippen LogP contribution in [0.4, 0.5) is 15.3 Å². The van der Waals surface area contributed by atoms with Crippen molar-refractivity contribution in [3.63, 3.8) is 0 Å². The van der Waals surface area contributed by atoms with E-state index in [1.54, 1.807) is 21.9 Å². The molecule has 0 saturated carbocycles. The van der Waals surface area contributed by atoms with Gasteiger partial charge >= 0.3 is 12.2 Å². The zero-order valence-corrected chi connectivity index (χ0v) is 21.2. The van der Waals surface area contributed by atoms with Crippen LogP contribution in [0, 0.1) is 5.41 Å². The fourth-order valence-corrected chi connectivity index (χ4v) is 5.01. The number of alkyl carbamates (subject to hydrolysis) is 1. The Kier molecular flexibility index (Phi) is 7.92. The molecule has 192 valence electrons. The maximum absolute atomic E-state index is 13.7. The van der Waals surface area contributed by atoms with Gasteiger partial charge in [-0.25, -0.2) is 9.59 Å². The Morgan fingerprint density at radius 1 is 1.29 bits per heavy atom. The molecule has 35 heavy (non-hydrogen) atoms. The van der Waals surface area contributed by atoms with Gasteiger partial charge in [0, 0.05) is 48.9 Å². The quantitative estimate of drug-likeness (QED) is 0.635. The summed E-state index contributed by atoms with van der Waals surface area (Å²) < 4.78 is 4.61. The molecule has 0 unspecified atom stereocenters. The number of methoxy groups -OCH3 is 1. The van der Waals surface area contributed by atoms with Gasteiger partial charge in [-0.1, -0.05) is 19.9 Å². The fourth-order valence-electron chi connectivity index (χ4n) is 5.01. The lowest BCUT2D eigenvalue weighted by Crippen LogP contribution is -2.53. The molecule has 0 aliphatic carbocycles. The van der Waals surface area contributed by atoms with E-state index in [1.165, 1.54) is 12.0 Å². The van der Waals surface area contributed by atoms with Crippen molar-refractivity contribution in [3.05, 3.63) is 29.3 Å². The third-order valence-corrected chi connectivity index (χ3v) is 6.72. The Balaban J connectivity index is 1.90. The minimum atomic E-state index is -0.975. The van der Waals surface area contributed by atoms with Crippen molar-refractivity contribution in [2.75, 3.05) is 38.2 Å². The molecule has 1 saturated heterocycles. The maximum Gasteiger partial charge on any atom is 0.407 e. The van der Waals surface area contributed by atoms with E-state index in [-0.39, 0.29) is 43.5 Å². The number of nitrogens with zero attached hydrogens (tertiary/aromatic N) is 3. The van der Waals surface area contributed by atoms with Crippen LogP contribution in [0.15, 0.2) is 18.2 Å². The number of fused-ring (bicyclic) bond motifs is 1. The van der Waals surface area contributed by atoms with Crippen molar-refractivity contribution < 1.29 is 29.0 Å².